The van der Waals surface area contributed by atoms with Crippen molar-refractivity contribution in [2.75, 3.05) is 0 Å². The number of para-hydroxylation sites is 6. The number of aromatic nitrogens is 6. The van der Waals surface area contributed by atoms with E-state index in [0.29, 0.717) is 0 Å². The van der Waals surface area contributed by atoms with Crippen LogP contribution in [0.2, 0.25) is 13.1 Å². The van der Waals surface area contributed by atoms with Crippen LogP contribution in [0.4, 0.5) is 0 Å². The molecule has 6 heterocycles. The van der Waals surface area contributed by atoms with Crippen molar-refractivity contribution < 1.29 is 4.42 Å². The second-order valence-electron chi connectivity index (χ2n) is 16.0. The average Bonchev–Trinajstić information content (AvgIpc) is 3.93. The maximum absolute atomic E-state index is 7.18. The summed E-state index contributed by atoms with van der Waals surface area (Å²) < 4.78 is 16.4. The standard InChI is InChI=1S/C47H36N6OSi/c1-47(2)32-17-7-5-14-29(32)26-27-50-44-33(47)18-12-23-38(44)53-36-21-13-25-40(42(36)49-46(50)53)55(3,4)41-28-51-43-31(30-15-6-10-24-39(30)54-41)16-11-22-37(43)52-35-20-9-8-19-34(35)48-45(51)52/h5-28H,1-4H3. The van der Waals surface area contributed by atoms with Gasteiger partial charge in [-0.3, -0.25) is 17.8 Å². The lowest BCUT2D eigenvalue weighted by Gasteiger charge is -2.30. The van der Waals surface area contributed by atoms with Crippen LogP contribution in [0.25, 0.3) is 84.3 Å². The van der Waals surface area contributed by atoms with Gasteiger partial charge in [-0.1, -0.05) is 118 Å². The molecule has 0 radical (unpaired) electrons. The van der Waals surface area contributed by atoms with Crippen LogP contribution < -0.4 is 10.6 Å². The van der Waals surface area contributed by atoms with Crippen molar-refractivity contribution in [2.45, 2.75) is 32.4 Å². The molecule has 8 heteroatoms. The number of hydrogen-bond acceptors (Lipinski definition) is 3. The molecule has 0 spiro atoms. The summed E-state index contributed by atoms with van der Waals surface area (Å²) in [7, 11) is -2.64. The van der Waals surface area contributed by atoms with Crippen LogP contribution in [0, 0.1) is 0 Å². The third kappa shape index (κ3) is 3.93. The summed E-state index contributed by atoms with van der Waals surface area (Å²) in [5, 5.41) is 4.34. The summed E-state index contributed by atoms with van der Waals surface area (Å²) in [5.41, 5.74) is 13.2. The first kappa shape index (κ1) is 30.8. The fourth-order valence-corrected chi connectivity index (χ4v) is 11.9. The molecule has 0 unspecified atom stereocenters. The predicted molar refractivity (Wildman–Crippen MR) is 228 cm³/mol. The van der Waals surface area contributed by atoms with E-state index in [2.05, 4.69) is 191 Å². The van der Waals surface area contributed by atoms with E-state index in [1.165, 1.54) is 27.4 Å². The largest absolute Gasteiger partial charge is 0.464 e. The van der Waals surface area contributed by atoms with Crippen molar-refractivity contribution in [2.24, 2.45) is 0 Å². The number of benzene rings is 6. The molecule has 0 saturated heterocycles. The lowest BCUT2D eigenvalue weighted by molar-refractivity contribution is 0.637. The SMILES string of the molecule is CC1(C)c2ccccc2C=Cn2c3c1cccc3n1c3cccc([Si](C)(C)c4cn5c6c(cccc6n6c7ccccc7nc56)c5ccccc5o4)c3nc21. The summed E-state index contributed by atoms with van der Waals surface area (Å²) in [4.78, 5) is 10.8. The van der Waals surface area contributed by atoms with Crippen LogP contribution in [0.1, 0.15) is 30.5 Å². The molecule has 11 aromatic rings. The van der Waals surface area contributed by atoms with E-state index in [4.69, 9.17) is 14.4 Å². The topological polar surface area (TPSA) is 57.1 Å². The van der Waals surface area contributed by atoms with Gasteiger partial charge in [0.25, 0.3) is 0 Å². The van der Waals surface area contributed by atoms with E-state index in [0.717, 1.165) is 71.9 Å². The minimum absolute atomic E-state index is 0.211. The van der Waals surface area contributed by atoms with Gasteiger partial charge in [0.1, 0.15) is 11.0 Å². The van der Waals surface area contributed by atoms with Crippen molar-refractivity contribution in [1.29, 1.82) is 0 Å². The van der Waals surface area contributed by atoms with Gasteiger partial charge >= 0.3 is 0 Å². The Bertz CT molecular complexity index is 3510. The fraction of sp³-hybridized carbons (Fsp3) is 0.106. The zero-order chi connectivity index (χ0) is 36.8. The van der Waals surface area contributed by atoms with Crippen LogP contribution in [0.3, 0.4) is 0 Å². The van der Waals surface area contributed by atoms with Crippen molar-refractivity contribution in [1.82, 2.24) is 27.7 Å². The van der Waals surface area contributed by atoms with Crippen LogP contribution in [0.15, 0.2) is 138 Å². The van der Waals surface area contributed by atoms with E-state index in [9.17, 15) is 0 Å². The Morgan fingerprint density at radius 2 is 1.27 bits per heavy atom. The Morgan fingerprint density at radius 3 is 2.18 bits per heavy atom. The molecule has 0 atom stereocenters. The van der Waals surface area contributed by atoms with Gasteiger partial charge in [0.05, 0.1) is 44.1 Å². The number of imidazole rings is 4. The average molecular weight is 729 g/mol. The van der Waals surface area contributed by atoms with E-state index in [1.54, 1.807) is 0 Å². The van der Waals surface area contributed by atoms with Gasteiger partial charge in [-0.25, -0.2) is 9.97 Å². The molecule has 0 bridgehead atoms. The predicted octanol–water partition coefficient (Wildman–Crippen LogP) is 10.0. The molecule has 0 saturated carbocycles. The summed E-state index contributed by atoms with van der Waals surface area (Å²) in [6.45, 7) is 9.44. The molecule has 0 fully saturated rings. The van der Waals surface area contributed by atoms with E-state index in [1.807, 2.05) is 0 Å². The molecule has 1 aliphatic rings. The number of fused-ring (bicyclic) bond motifs is 13. The minimum Gasteiger partial charge on any atom is -0.464 e. The number of nitrogens with zero attached hydrogens (tertiary/aromatic N) is 6. The molecule has 12 rings (SSSR count). The first-order valence-electron chi connectivity index (χ1n) is 18.9. The van der Waals surface area contributed by atoms with Crippen LogP contribution in [-0.2, 0) is 5.41 Å². The molecular weight excluding hydrogens is 693 g/mol. The third-order valence-corrected chi connectivity index (χ3v) is 15.5. The molecule has 55 heavy (non-hydrogen) atoms. The van der Waals surface area contributed by atoms with Crippen LogP contribution in [0.5, 0.6) is 0 Å². The molecule has 6 aromatic carbocycles. The summed E-state index contributed by atoms with van der Waals surface area (Å²) in [5.74, 6) is 1.78. The summed E-state index contributed by atoms with van der Waals surface area (Å²) in [6.07, 6.45) is 6.67. The Labute approximate surface area is 316 Å². The van der Waals surface area contributed by atoms with E-state index >= 15 is 0 Å². The van der Waals surface area contributed by atoms with Gasteiger partial charge < -0.3 is 4.42 Å². The van der Waals surface area contributed by atoms with Gasteiger partial charge in [0, 0.05) is 28.6 Å². The zero-order valence-electron chi connectivity index (χ0n) is 30.9. The highest BCUT2D eigenvalue weighted by molar-refractivity contribution is 7.00. The minimum atomic E-state index is -2.64. The molecule has 0 aliphatic carbocycles. The maximum Gasteiger partial charge on any atom is 0.220 e. The second kappa shape index (κ2) is 10.5. The fourth-order valence-electron chi connectivity index (χ4n) is 9.49. The molecule has 0 N–H and O–H groups in total. The summed E-state index contributed by atoms with van der Waals surface area (Å²) in [6, 6.07) is 45.5. The molecular formula is C47H36N6OSi. The van der Waals surface area contributed by atoms with Gasteiger partial charge in [0.15, 0.2) is 8.07 Å². The zero-order valence-corrected chi connectivity index (χ0v) is 31.9. The molecule has 5 aromatic heterocycles. The monoisotopic (exact) mass is 728 g/mol. The lowest BCUT2D eigenvalue weighted by Crippen LogP contribution is -2.53. The van der Waals surface area contributed by atoms with Crippen molar-refractivity contribution in [3.8, 4) is 0 Å². The quantitative estimate of drug-likeness (QED) is 0.167. The second-order valence-corrected chi connectivity index (χ2v) is 20.3. The molecule has 7 nitrogen and oxygen atoms in total. The van der Waals surface area contributed by atoms with Gasteiger partial charge in [-0.2, -0.15) is 0 Å². The number of rotatable bonds is 2. The maximum atomic E-state index is 7.18. The highest BCUT2D eigenvalue weighted by Crippen LogP contribution is 2.41. The van der Waals surface area contributed by atoms with Gasteiger partial charge in [-0.05, 0) is 64.4 Å². The highest BCUT2D eigenvalue weighted by Gasteiger charge is 2.35. The first-order valence-corrected chi connectivity index (χ1v) is 21.9. The van der Waals surface area contributed by atoms with E-state index < -0.39 is 8.07 Å². The first-order chi connectivity index (χ1) is 26.8. The Balaban J connectivity index is 1.17. The van der Waals surface area contributed by atoms with Crippen molar-refractivity contribution in [3.05, 3.63) is 150 Å². The molecule has 0 amide bonds. The Kier molecular flexibility index (Phi) is 5.89. The normalized spacial score (nSPS) is 14.3. The van der Waals surface area contributed by atoms with Gasteiger partial charge in [-0.15, -0.1) is 0 Å². The molecule has 264 valence electrons. The van der Waals surface area contributed by atoms with Crippen LogP contribution >= 0.6 is 0 Å². The Hall–Kier alpha value is -6.64. The third-order valence-electron chi connectivity index (χ3n) is 12.3. The van der Waals surface area contributed by atoms with Crippen molar-refractivity contribution >= 4 is 103 Å². The number of hydrogen-bond donors (Lipinski definition) is 0. The van der Waals surface area contributed by atoms with E-state index in [-0.39, 0.29) is 5.41 Å². The lowest BCUT2D eigenvalue weighted by atomic mass is 9.75. The molecule has 1 aliphatic heterocycles. The highest BCUT2D eigenvalue weighted by atomic mass is 28.3. The van der Waals surface area contributed by atoms with Crippen molar-refractivity contribution in [3.63, 3.8) is 0 Å². The summed E-state index contributed by atoms with van der Waals surface area (Å²) >= 11 is 0. The van der Waals surface area contributed by atoms with Gasteiger partial charge in [0.2, 0.25) is 11.6 Å². The Morgan fingerprint density at radius 1 is 0.600 bits per heavy atom. The smallest absolute Gasteiger partial charge is 0.220 e. The van der Waals surface area contributed by atoms with Crippen LogP contribution in [-0.4, -0.2) is 35.8 Å².